The second-order valence-corrected chi connectivity index (χ2v) is 10.1. The average Bonchev–Trinajstić information content (AvgIpc) is 3.38. The predicted octanol–water partition coefficient (Wildman–Crippen LogP) is 4.15. The highest BCUT2D eigenvalue weighted by molar-refractivity contribution is 7.94. The summed E-state index contributed by atoms with van der Waals surface area (Å²) in [7, 11) is -2.56. The van der Waals surface area contributed by atoms with E-state index in [-0.39, 0.29) is 18.7 Å². The average molecular weight is 484 g/mol. The lowest BCUT2D eigenvalue weighted by atomic mass is 10.0. The van der Waals surface area contributed by atoms with E-state index >= 15 is 0 Å². The maximum absolute atomic E-state index is 13.5. The zero-order valence-electron chi connectivity index (χ0n) is 17.9. The molecule has 0 amide bonds. The number of halogens is 2. The van der Waals surface area contributed by atoms with Gasteiger partial charge < -0.3 is 10.5 Å². The lowest BCUT2D eigenvalue weighted by Gasteiger charge is -2.18. The normalized spacial score (nSPS) is 19.4. The number of hydrogen-bond donors (Lipinski definition) is 1. The van der Waals surface area contributed by atoms with Gasteiger partial charge in [0.25, 0.3) is 5.92 Å². The molecule has 2 aliphatic rings. The number of aromatic nitrogens is 1. The van der Waals surface area contributed by atoms with Crippen LogP contribution in [-0.2, 0) is 10.2 Å². The molecule has 0 radical (unpaired) electrons. The molecule has 174 valence electrons. The molecule has 8 nitrogen and oxygen atoms in total. The fourth-order valence-corrected chi connectivity index (χ4v) is 5.39. The van der Waals surface area contributed by atoms with Gasteiger partial charge in [-0.1, -0.05) is 6.07 Å². The third-order valence-electron chi connectivity index (χ3n) is 5.97. The molecule has 2 N–H and O–H groups in total. The van der Waals surface area contributed by atoms with Gasteiger partial charge in [-0.05, 0) is 42.0 Å². The lowest BCUT2D eigenvalue weighted by Crippen LogP contribution is -2.37. The summed E-state index contributed by atoms with van der Waals surface area (Å²) in [6.45, 7) is -0.270. The Bertz CT molecular complexity index is 1460. The zero-order chi connectivity index (χ0) is 24.3. The number of nitrogens with zero attached hydrogens (tertiary/aromatic N) is 4. The Morgan fingerprint density at radius 1 is 1.18 bits per heavy atom. The van der Waals surface area contributed by atoms with Gasteiger partial charge in [0.05, 0.1) is 11.4 Å². The van der Waals surface area contributed by atoms with Crippen LogP contribution in [0.15, 0.2) is 54.7 Å². The number of nitriles is 1. The second-order valence-electron chi connectivity index (χ2n) is 8.21. The van der Waals surface area contributed by atoms with E-state index < -0.39 is 22.0 Å². The van der Waals surface area contributed by atoms with Crippen LogP contribution < -0.4 is 19.1 Å². The van der Waals surface area contributed by atoms with Crippen LogP contribution in [0.5, 0.6) is 11.5 Å². The molecular formula is C23H19F2N5O3S. The Hall–Kier alpha value is -3.91. The minimum absolute atomic E-state index is 0.213. The molecule has 3 aromatic rings. The smallest absolute Gasteiger partial charge is 0.326 e. The molecule has 1 fully saturated rings. The Morgan fingerprint density at radius 3 is 2.62 bits per heavy atom. The molecular weight excluding hydrogens is 464 g/mol. The van der Waals surface area contributed by atoms with Crippen LogP contribution in [0.4, 0.5) is 25.8 Å². The van der Waals surface area contributed by atoms with Crippen LogP contribution in [0.1, 0.15) is 12.1 Å². The number of nitrogens with two attached hydrogens (primary N) is 1. The van der Waals surface area contributed by atoms with Crippen molar-refractivity contribution in [3.05, 3.63) is 60.4 Å². The van der Waals surface area contributed by atoms with E-state index in [9.17, 15) is 17.2 Å². The zero-order valence-corrected chi connectivity index (χ0v) is 18.8. The van der Waals surface area contributed by atoms with Crippen molar-refractivity contribution in [1.82, 2.24) is 4.98 Å². The summed E-state index contributed by atoms with van der Waals surface area (Å²) in [4.78, 5) is 3.91. The second kappa shape index (κ2) is 7.56. The van der Waals surface area contributed by atoms with Crippen molar-refractivity contribution in [3.63, 3.8) is 0 Å². The topological polar surface area (TPSA) is 113 Å². The molecule has 2 aromatic carbocycles. The van der Waals surface area contributed by atoms with Crippen molar-refractivity contribution >= 4 is 27.3 Å². The van der Waals surface area contributed by atoms with E-state index in [1.165, 1.54) is 19.3 Å². The fraction of sp³-hybridized carbons (Fsp3) is 0.217. The number of nitrogen functional groups attached to an aromatic ring is 1. The molecule has 34 heavy (non-hydrogen) atoms. The Labute approximate surface area is 195 Å². The van der Waals surface area contributed by atoms with Crippen molar-refractivity contribution in [2.24, 2.45) is 5.92 Å². The first kappa shape index (κ1) is 21.9. The largest absolute Gasteiger partial charge is 0.457 e. The van der Waals surface area contributed by atoms with E-state index in [1.807, 2.05) is 6.07 Å². The predicted molar refractivity (Wildman–Crippen MR) is 123 cm³/mol. The molecule has 0 spiro atoms. The van der Waals surface area contributed by atoms with Gasteiger partial charge in [-0.2, -0.15) is 13.7 Å². The lowest BCUT2D eigenvalue weighted by molar-refractivity contribution is 0.101. The number of anilines is 3. The summed E-state index contributed by atoms with van der Waals surface area (Å²) in [6, 6.07) is 15.1. The first-order valence-corrected chi connectivity index (χ1v) is 11.7. The highest BCUT2D eigenvalue weighted by Crippen LogP contribution is 2.52. The monoisotopic (exact) mass is 483 g/mol. The fourth-order valence-electron chi connectivity index (χ4n) is 3.93. The quantitative estimate of drug-likeness (QED) is 0.546. The number of alkyl halides is 2. The van der Waals surface area contributed by atoms with Crippen LogP contribution >= 0.6 is 0 Å². The minimum Gasteiger partial charge on any atom is -0.457 e. The van der Waals surface area contributed by atoms with Crippen LogP contribution in [0.3, 0.4) is 0 Å². The molecule has 1 aromatic heterocycles. The maximum atomic E-state index is 13.5. The number of rotatable bonds is 5. The Morgan fingerprint density at radius 2 is 1.91 bits per heavy atom. The highest BCUT2D eigenvalue weighted by Gasteiger charge is 2.59. The number of hydrogen-bond acceptors (Lipinski definition) is 6. The summed E-state index contributed by atoms with van der Waals surface area (Å²) < 4.78 is 60.7. The first-order valence-electron chi connectivity index (χ1n) is 10.3. The number of pyridine rings is 1. The van der Waals surface area contributed by atoms with Gasteiger partial charge in [0.15, 0.2) is 0 Å². The van der Waals surface area contributed by atoms with E-state index in [4.69, 9.17) is 15.7 Å². The van der Waals surface area contributed by atoms with Crippen LogP contribution in [0, 0.1) is 17.2 Å². The Kier molecular flexibility index (Phi) is 4.87. The van der Waals surface area contributed by atoms with E-state index in [0.717, 1.165) is 8.61 Å². The number of ether oxygens (including phenoxy) is 1. The molecule has 2 heterocycles. The van der Waals surface area contributed by atoms with Crippen LogP contribution in [0.25, 0.3) is 11.1 Å². The van der Waals surface area contributed by atoms with Crippen LogP contribution in [0.2, 0.25) is 0 Å². The van der Waals surface area contributed by atoms with Crippen molar-refractivity contribution in [1.29, 1.82) is 5.26 Å². The summed E-state index contributed by atoms with van der Waals surface area (Å²) >= 11 is 0. The van der Waals surface area contributed by atoms with Gasteiger partial charge in [-0.15, -0.1) is 0 Å². The highest BCUT2D eigenvalue weighted by atomic mass is 32.2. The molecule has 1 saturated carbocycles. The summed E-state index contributed by atoms with van der Waals surface area (Å²) in [6.07, 6.45) is 1.15. The van der Waals surface area contributed by atoms with Crippen molar-refractivity contribution in [3.8, 4) is 28.7 Å². The number of benzene rings is 2. The molecule has 1 atom stereocenters. The third-order valence-corrected chi connectivity index (χ3v) is 7.76. The van der Waals surface area contributed by atoms with Crippen molar-refractivity contribution < 1.29 is 21.9 Å². The van der Waals surface area contributed by atoms with Crippen molar-refractivity contribution in [2.75, 3.05) is 27.9 Å². The third kappa shape index (κ3) is 3.66. The molecule has 11 heteroatoms. The van der Waals surface area contributed by atoms with Gasteiger partial charge in [0, 0.05) is 49.4 Å². The summed E-state index contributed by atoms with van der Waals surface area (Å²) in [5.41, 5.74) is 8.81. The first-order chi connectivity index (χ1) is 16.1. The van der Waals surface area contributed by atoms with Gasteiger partial charge in [-0.3, -0.25) is 8.61 Å². The van der Waals surface area contributed by atoms with E-state index in [2.05, 4.69) is 4.98 Å². The molecule has 1 aliphatic heterocycles. The molecule has 0 saturated heterocycles. The van der Waals surface area contributed by atoms with Gasteiger partial charge in [0.2, 0.25) is 0 Å². The molecule has 5 rings (SSSR count). The van der Waals surface area contributed by atoms with Gasteiger partial charge >= 0.3 is 10.2 Å². The SMILES string of the molecule is CN1c2cc(-c3cc(Oc4ccnc(C#N)c4)ccc3N)ccc2N(CC2CC2(F)F)S1(=O)=O. The minimum atomic E-state index is -3.95. The van der Waals surface area contributed by atoms with E-state index in [1.54, 1.807) is 42.5 Å². The summed E-state index contributed by atoms with van der Waals surface area (Å²) in [5.74, 6) is -2.93. The van der Waals surface area contributed by atoms with Crippen molar-refractivity contribution in [2.45, 2.75) is 12.3 Å². The molecule has 1 aliphatic carbocycles. The maximum Gasteiger partial charge on any atom is 0.326 e. The standard InChI is InChI=1S/C23H19F2N5O3S/c1-29-22-8-14(2-5-21(22)30(34(29,31)32)13-15-11-23(15,24)25)19-10-17(3-4-20(19)27)33-18-6-7-28-16(9-18)12-26/h2-10,15H,11,13,27H2,1H3. The number of fused-ring (bicyclic) bond motifs is 1. The Balaban J connectivity index is 1.48. The van der Waals surface area contributed by atoms with E-state index in [0.29, 0.717) is 39.7 Å². The molecule has 0 bridgehead atoms. The van der Waals surface area contributed by atoms with Gasteiger partial charge in [0.1, 0.15) is 23.3 Å². The molecule has 1 unspecified atom stereocenters. The van der Waals surface area contributed by atoms with Gasteiger partial charge in [-0.25, -0.2) is 13.8 Å². The summed E-state index contributed by atoms with van der Waals surface area (Å²) in [5, 5.41) is 9.02. The van der Waals surface area contributed by atoms with Crippen LogP contribution in [-0.4, -0.2) is 32.9 Å².